The molecular formula is C22H22S. The Bertz CT molecular complexity index is 844. The van der Waals surface area contributed by atoms with E-state index in [4.69, 9.17) is 0 Å². The van der Waals surface area contributed by atoms with Crippen molar-refractivity contribution in [3.63, 3.8) is 0 Å². The van der Waals surface area contributed by atoms with E-state index in [9.17, 15) is 0 Å². The van der Waals surface area contributed by atoms with Crippen LogP contribution in [0.4, 0.5) is 0 Å². The molecule has 0 amide bonds. The Hall–Kier alpha value is -1.73. The highest BCUT2D eigenvalue weighted by atomic mass is 32.2. The first-order valence-electron chi connectivity index (χ1n) is 8.20. The van der Waals surface area contributed by atoms with E-state index < -0.39 is 0 Å². The Morgan fingerprint density at radius 1 is 1.04 bits per heavy atom. The molecule has 0 aliphatic heterocycles. The van der Waals surface area contributed by atoms with Crippen LogP contribution in [0, 0.1) is 0 Å². The molecule has 0 aromatic heterocycles. The highest BCUT2D eigenvalue weighted by molar-refractivity contribution is 8.00. The van der Waals surface area contributed by atoms with E-state index in [1.165, 1.54) is 39.0 Å². The number of fused-ring (bicyclic) bond motifs is 2. The fraction of sp³-hybridized carbons (Fsp3) is 0.273. The highest BCUT2D eigenvalue weighted by Gasteiger charge is 2.46. The number of benzene rings is 1. The largest absolute Gasteiger partial charge is 0.149 e. The van der Waals surface area contributed by atoms with Crippen molar-refractivity contribution in [3.05, 3.63) is 87.6 Å². The third-order valence-corrected chi connectivity index (χ3v) is 6.85. The Morgan fingerprint density at radius 2 is 1.83 bits per heavy atom. The first kappa shape index (κ1) is 14.8. The summed E-state index contributed by atoms with van der Waals surface area (Å²) in [5.74, 6) is 0.415. The summed E-state index contributed by atoms with van der Waals surface area (Å²) in [6, 6.07) is 8.87. The van der Waals surface area contributed by atoms with Crippen LogP contribution >= 0.6 is 11.8 Å². The zero-order chi connectivity index (χ0) is 16.2. The second-order valence-electron chi connectivity index (χ2n) is 6.75. The van der Waals surface area contributed by atoms with Gasteiger partial charge in [0.15, 0.2) is 0 Å². The molecule has 0 saturated carbocycles. The van der Waals surface area contributed by atoms with Crippen molar-refractivity contribution in [2.45, 2.75) is 31.4 Å². The minimum absolute atomic E-state index is 0.00368. The second-order valence-corrected chi connectivity index (χ2v) is 7.84. The molecule has 0 spiro atoms. The van der Waals surface area contributed by atoms with Gasteiger partial charge in [-0.3, -0.25) is 0 Å². The molecule has 0 nitrogen and oxygen atoms in total. The minimum Gasteiger partial charge on any atom is -0.149 e. The van der Waals surface area contributed by atoms with Crippen LogP contribution in [0.25, 0.3) is 6.08 Å². The van der Waals surface area contributed by atoms with Gasteiger partial charge in [0.05, 0.1) is 4.75 Å². The molecule has 1 aromatic carbocycles. The second kappa shape index (κ2) is 5.14. The van der Waals surface area contributed by atoms with Crippen LogP contribution < -0.4 is 0 Å². The smallest absolute Gasteiger partial charge is 0.0700 e. The lowest BCUT2D eigenvalue weighted by Crippen LogP contribution is -2.34. The summed E-state index contributed by atoms with van der Waals surface area (Å²) >= 11 is 1.97. The van der Waals surface area contributed by atoms with E-state index >= 15 is 0 Å². The van der Waals surface area contributed by atoms with Gasteiger partial charge in [0.1, 0.15) is 0 Å². The molecule has 0 heterocycles. The highest BCUT2D eigenvalue weighted by Crippen LogP contribution is 2.57. The summed E-state index contributed by atoms with van der Waals surface area (Å²) < 4.78 is -0.00368. The van der Waals surface area contributed by atoms with Crippen molar-refractivity contribution >= 4 is 17.8 Å². The zero-order valence-corrected chi connectivity index (χ0v) is 15.0. The lowest BCUT2D eigenvalue weighted by atomic mass is 9.74. The molecule has 0 N–H and O–H groups in total. The predicted molar refractivity (Wildman–Crippen MR) is 103 cm³/mol. The zero-order valence-electron chi connectivity index (χ0n) is 14.2. The van der Waals surface area contributed by atoms with Crippen molar-refractivity contribution in [3.8, 4) is 0 Å². The van der Waals surface area contributed by atoms with Crippen molar-refractivity contribution in [1.82, 2.24) is 0 Å². The van der Waals surface area contributed by atoms with Crippen LogP contribution in [0.3, 0.4) is 0 Å². The summed E-state index contributed by atoms with van der Waals surface area (Å²) in [5, 5.41) is 0. The summed E-state index contributed by atoms with van der Waals surface area (Å²) in [7, 11) is 0. The number of rotatable bonds is 2. The molecule has 0 fully saturated rings. The Morgan fingerprint density at radius 3 is 2.61 bits per heavy atom. The molecule has 0 radical (unpaired) electrons. The molecule has 1 heteroatoms. The molecule has 4 rings (SSSR count). The van der Waals surface area contributed by atoms with Crippen LogP contribution in [-0.4, -0.2) is 11.0 Å². The average Bonchev–Trinajstić information content (AvgIpc) is 3.05. The SMILES string of the molecule is CSC1([C@@H]2C(C)=Cc3ccccc32)C=CC=C2C1=CC(C)=C2C. The molecule has 3 aliphatic carbocycles. The molecule has 1 aromatic rings. The Kier molecular flexibility index (Phi) is 3.32. The minimum atomic E-state index is -0.00368. The maximum Gasteiger partial charge on any atom is 0.0700 e. The molecule has 0 bridgehead atoms. The van der Waals surface area contributed by atoms with Gasteiger partial charge in [0.25, 0.3) is 0 Å². The topological polar surface area (TPSA) is 0 Å². The standard InChI is InChI=1S/C22H22S/c1-14-13-20-18(16(14)3)10-7-11-22(20,23-4)21-15(2)12-17-8-5-6-9-19(17)21/h5-13,21H,1-4H3/t21-,22?/m1/s1. The average molecular weight is 318 g/mol. The quantitative estimate of drug-likeness (QED) is 0.638. The number of hydrogen-bond acceptors (Lipinski definition) is 1. The van der Waals surface area contributed by atoms with Crippen molar-refractivity contribution in [2.75, 3.05) is 6.26 Å². The third-order valence-electron chi connectivity index (χ3n) is 5.59. The fourth-order valence-corrected chi connectivity index (χ4v) is 5.48. The van der Waals surface area contributed by atoms with Crippen LogP contribution in [0.2, 0.25) is 0 Å². The van der Waals surface area contributed by atoms with E-state index in [1.54, 1.807) is 0 Å². The van der Waals surface area contributed by atoms with Gasteiger partial charge >= 0.3 is 0 Å². The van der Waals surface area contributed by atoms with Gasteiger partial charge in [-0.15, -0.1) is 11.8 Å². The lowest BCUT2D eigenvalue weighted by molar-refractivity contribution is 0.703. The first-order valence-corrected chi connectivity index (χ1v) is 9.43. The summed E-state index contributed by atoms with van der Waals surface area (Å²) in [5.41, 5.74) is 10.1. The maximum absolute atomic E-state index is 2.42. The van der Waals surface area contributed by atoms with E-state index in [0.29, 0.717) is 5.92 Å². The van der Waals surface area contributed by atoms with E-state index in [2.05, 4.69) is 81.7 Å². The number of thioether (sulfide) groups is 1. The van der Waals surface area contributed by atoms with Gasteiger partial charge in [0.2, 0.25) is 0 Å². The molecule has 3 aliphatic rings. The molecule has 116 valence electrons. The van der Waals surface area contributed by atoms with Crippen molar-refractivity contribution in [1.29, 1.82) is 0 Å². The molecule has 23 heavy (non-hydrogen) atoms. The number of hydrogen-bond donors (Lipinski definition) is 0. The molecule has 1 unspecified atom stereocenters. The normalized spacial score (nSPS) is 28.3. The Balaban J connectivity index is 1.91. The van der Waals surface area contributed by atoms with Gasteiger partial charge in [-0.1, -0.05) is 60.2 Å². The summed E-state index contributed by atoms with van der Waals surface area (Å²) in [6.07, 6.45) is 14.0. The summed E-state index contributed by atoms with van der Waals surface area (Å²) in [4.78, 5) is 0. The Labute approximate surface area is 143 Å². The molecule has 0 saturated heterocycles. The predicted octanol–water partition coefficient (Wildman–Crippen LogP) is 6.06. The monoisotopic (exact) mass is 318 g/mol. The van der Waals surface area contributed by atoms with Crippen LogP contribution in [0.1, 0.15) is 37.8 Å². The van der Waals surface area contributed by atoms with E-state index in [-0.39, 0.29) is 4.75 Å². The molecular weight excluding hydrogens is 296 g/mol. The fourth-order valence-electron chi connectivity index (χ4n) is 4.33. The maximum atomic E-state index is 2.42. The third kappa shape index (κ3) is 1.93. The molecule has 2 atom stereocenters. The van der Waals surface area contributed by atoms with Gasteiger partial charge in [-0.05, 0) is 60.4 Å². The van der Waals surface area contributed by atoms with Crippen LogP contribution in [0.5, 0.6) is 0 Å². The lowest BCUT2D eigenvalue weighted by Gasteiger charge is -2.40. The van der Waals surface area contributed by atoms with Gasteiger partial charge in [-0.25, -0.2) is 0 Å². The van der Waals surface area contributed by atoms with E-state index in [0.717, 1.165) is 0 Å². The summed E-state index contributed by atoms with van der Waals surface area (Å²) in [6.45, 7) is 6.77. The van der Waals surface area contributed by atoms with Crippen molar-refractivity contribution in [2.24, 2.45) is 0 Å². The van der Waals surface area contributed by atoms with Gasteiger partial charge in [-0.2, -0.15) is 0 Å². The van der Waals surface area contributed by atoms with Gasteiger partial charge in [0, 0.05) is 5.92 Å². The first-order chi connectivity index (χ1) is 11.1. The number of allylic oxidation sites excluding steroid dienone is 7. The van der Waals surface area contributed by atoms with Crippen LogP contribution in [0.15, 0.2) is 76.4 Å². The van der Waals surface area contributed by atoms with Crippen molar-refractivity contribution < 1.29 is 0 Å². The van der Waals surface area contributed by atoms with Crippen LogP contribution in [-0.2, 0) is 0 Å². The van der Waals surface area contributed by atoms with E-state index in [1.807, 2.05) is 11.8 Å². The van der Waals surface area contributed by atoms with Gasteiger partial charge < -0.3 is 0 Å².